The highest BCUT2D eigenvalue weighted by Crippen LogP contribution is 2.27. The average Bonchev–Trinajstić information content (AvgIpc) is 2.35. The van der Waals surface area contributed by atoms with E-state index in [1.165, 1.54) is 0 Å². The van der Waals surface area contributed by atoms with E-state index >= 15 is 0 Å². The van der Waals surface area contributed by atoms with E-state index in [0.717, 1.165) is 6.42 Å². The van der Waals surface area contributed by atoms with Crippen LogP contribution in [0.4, 0.5) is 5.69 Å². The number of hydrogen-bond donors (Lipinski definition) is 1. The molecule has 0 fully saturated rings. The lowest BCUT2D eigenvalue weighted by Crippen LogP contribution is -2.20. The summed E-state index contributed by atoms with van der Waals surface area (Å²) in [5.41, 5.74) is 0.631. The zero-order valence-corrected chi connectivity index (χ0v) is 12.3. The van der Waals surface area contributed by atoms with Crippen LogP contribution in [0.1, 0.15) is 27.2 Å². The van der Waals surface area contributed by atoms with Crippen molar-refractivity contribution in [2.45, 2.75) is 33.3 Å². The highest BCUT2D eigenvalue weighted by atomic mass is 35.5. The molecular formula is C14H20ClNO3. The summed E-state index contributed by atoms with van der Waals surface area (Å²) in [7, 11) is 0. The first-order valence-corrected chi connectivity index (χ1v) is 6.74. The molecule has 4 nitrogen and oxygen atoms in total. The van der Waals surface area contributed by atoms with Crippen LogP contribution >= 0.6 is 11.6 Å². The van der Waals surface area contributed by atoms with Crippen LogP contribution in [0.25, 0.3) is 0 Å². The molecular weight excluding hydrogens is 266 g/mol. The van der Waals surface area contributed by atoms with Crippen molar-refractivity contribution in [1.29, 1.82) is 0 Å². The van der Waals surface area contributed by atoms with Gasteiger partial charge in [-0.1, -0.05) is 18.5 Å². The van der Waals surface area contributed by atoms with Gasteiger partial charge in [0.25, 0.3) is 0 Å². The maximum atomic E-state index is 11.6. The summed E-state index contributed by atoms with van der Waals surface area (Å²) in [6.45, 7) is 6.43. The van der Waals surface area contributed by atoms with E-state index in [4.69, 9.17) is 21.1 Å². The number of carbonyl (C=O) groups is 1. The summed E-state index contributed by atoms with van der Waals surface area (Å²) in [5, 5.41) is 3.20. The smallest absolute Gasteiger partial charge is 0.250 e. The number of rotatable bonds is 7. The lowest BCUT2D eigenvalue weighted by atomic mass is 10.3. The largest absolute Gasteiger partial charge is 0.492 e. The van der Waals surface area contributed by atoms with Gasteiger partial charge in [-0.3, -0.25) is 4.79 Å². The van der Waals surface area contributed by atoms with Crippen LogP contribution in [-0.4, -0.2) is 25.2 Å². The molecule has 1 amide bonds. The zero-order valence-electron chi connectivity index (χ0n) is 11.5. The van der Waals surface area contributed by atoms with Gasteiger partial charge in [0.1, 0.15) is 12.4 Å². The number of nitrogens with one attached hydrogen (secondary N) is 1. The number of hydrogen-bond acceptors (Lipinski definition) is 3. The molecule has 1 rings (SSSR count). The van der Waals surface area contributed by atoms with Gasteiger partial charge in [0.05, 0.1) is 17.7 Å². The molecule has 0 aromatic heterocycles. The molecule has 0 bridgehead atoms. The summed E-state index contributed by atoms with van der Waals surface area (Å²) in [6.07, 6.45) is 0.945. The minimum Gasteiger partial charge on any atom is -0.492 e. The SMILES string of the molecule is CCCOc1ccc(NC(=O)COC(C)C)cc1Cl. The Bertz CT molecular complexity index is 421. The molecule has 0 radical (unpaired) electrons. The summed E-state index contributed by atoms with van der Waals surface area (Å²) in [5.74, 6) is 0.423. The first-order valence-electron chi connectivity index (χ1n) is 6.36. The van der Waals surface area contributed by atoms with Crippen LogP contribution < -0.4 is 10.1 Å². The fraction of sp³-hybridized carbons (Fsp3) is 0.500. The maximum absolute atomic E-state index is 11.6. The summed E-state index contributed by atoms with van der Waals surface area (Å²) >= 11 is 6.07. The highest BCUT2D eigenvalue weighted by molar-refractivity contribution is 6.32. The van der Waals surface area contributed by atoms with Crippen molar-refractivity contribution < 1.29 is 14.3 Å². The molecule has 1 aromatic rings. The first-order chi connectivity index (χ1) is 9.02. The second-order valence-electron chi connectivity index (χ2n) is 4.40. The molecule has 0 aliphatic heterocycles. The van der Waals surface area contributed by atoms with Crippen LogP contribution in [0.3, 0.4) is 0 Å². The van der Waals surface area contributed by atoms with Gasteiger partial charge in [-0.25, -0.2) is 0 Å². The standard InChI is InChI=1S/C14H20ClNO3/c1-4-7-18-13-6-5-11(8-12(13)15)16-14(17)9-19-10(2)3/h5-6,8,10H,4,7,9H2,1-3H3,(H,16,17). The average molecular weight is 286 g/mol. The van der Waals surface area contributed by atoms with Gasteiger partial charge in [0.15, 0.2) is 0 Å². The van der Waals surface area contributed by atoms with Gasteiger partial charge in [-0.2, -0.15) is 0 Å². The predicted octanol–water partition coefficient (Wildman–Crippen LogP) is 3.49. The summed E-state index contributed by atoms with van der Waals surface area (Å²) in [6, 6.07) is 5.17. The minimum atomic E-state index is -0.202. The van der Waals surface area contributed by atoms with Crippen LogP contribution in [-0.2, 0) is 9.53 Å². The topological polar surface area (TPSA) is 47.6 Å². The Labute approximate surface area is 119 Å². The van der Waals surface area contributed by atoms with Gasteiger partial charge in [0.2, 0.25) is 5.91 Å². The van der Waals surface area contributed by atoms with Crippen molar-refractivity contribution in [3.8, 4) is 5.75 Å². The van der Waals surface area contributed by atoms with Crippen molar-refractivity contribution >= 4 is 23.2 Å². The normalized spacial score (nSPS) is 10.6. The van der Waals surface area contributed by atoms with E-state index in [2.05, 4.69) is 5.32 Å². The third-order valence-electron chi connectivity index (χ3n) is 2.23. The van der Waals surface area contributed by atoms with Crippen LogP contribution in [0.5, 0.6) is 5.75 Å². The Balaban J connectivity index is 2.55. The first kappa shape index (κ1) is 15.8. The second-order valence-corrected chi connectivity index (χ2v) is 4.81. The number of benzene rings is 1. The van der Waals surface area contributed by atoms with E-state index in [0.29, 0.717) is 23.1 Å². The van der Waals surface area contributed by atoms with Crippen molar-refractivity contribution in [2.75, 3.05) is 18.5 Å². The number of ether oxygens (including phenoxy) is 2. The molecule has 5 heteroatoms. The lowest BCUT2D eigenvalue weighted by Gasteiger charge is -2.11. The molecule has 106 valence electrons. The van der Waals surface area contributed by atoms with Gasteiger partial charge in [0, 0.05) is 5.69 Å². The summed E-state index contributed by atoms with van der Waals surface area (Å²) in [4.78, 5) is 11.6. The molecule has 0 spiro atoms. The minimum absolute atomic E-state index is 0.0270. The second kappa shape index (κ2) is 8.02. The fourth-order valence-corrected chi connectivity index (χ4v) is 1.58. The molecule has 19 heavy (non-hydrogen) atoms. The van der Waals surface area contributed by atoms with Crippen molar-refractivity contribution in [1.82, 2.24) is 0 Å². The predicted molar refractivity (Wildman–Crippen MR) is 77.0 cm³/mol. The molecule has 1 aromatic carbocycles. The molecule has 0 heterocycles. The van der Waals surface area contributed by atoms with Crippen molar-refractivity contribution in [2.24, 2.45) is 0 Å². The molecule has 1 N–H and O–H groups in total. The molecule has 0 saturated carbocycles. The Hall–Kier alpha value is -1.26. The van der Waals surface area contributed by atoms with E-state index in [1.807, 2.05) is 20.8 Å². The number of amides is 1. The van der Waals surface area contributed by atoms with Crippen LogP contribution in [0.15, 0.2) is 18.2 Å². The van der Waals surface area contributed by atoms with Crippen LogP contribution in [0, 0.1) is 0 Å². The monoisotopic (exact) mass is 285 g/mol. The van der Waals surface area contributed by atoms with Crippen LogP contribution in [0.2, 0.25) is 5.02 Å². The maximum Gasteiger partial charge on any atom is 0.250 e. The van der Waals surface area contributed by atoms with Gasteiger partial charge in [-0.05, 0) is 38.5 Å². The molecule has 0 unspecified atom stereocenters. The van der Waals surface area contributed by atoms with Gasteiger partial charge >= 0.3 is 0 Å². The zero-order chi connectivity index (χ0) is 14.3. The quantitative estimate of drug-likeness (QED) is 0.834. The van der Waals surface area contributed by atoms with Crippen molar-refractivity contribution in [3.05, 3.63) is 23.2 Å². The number of carbonyl (C=O) groups excluding carboxylic acids is 1. The highest BCUT2D eigenvalue weighted by Gasteiger charge is 2.07. The Morgan fingerprint density at radius 1 is 1.42 bits per heavy atom. The Morgan fingerprint density at radius 2 is 2.16 bits per heavy atom. The van der Waals surface area contributed by atoms with Gasteiger partial charge < -0.3 is 14.8 Å². The molecule has 0 aliphatic rings. The van der Waals surface area contributed by atoms with Crippen molar-refractivity contribution in [3.63, 3.8) is 0 Å². The van der Waals surface area contributed by atoms with Gasteiger partial charge in [-0.15, -0.1) is 0 Å². The Morgan fingerprint density at radius 3 is 2.74 bits per heavy atom. The number of anilines is 1. The van der Waals surface area contributed by atoms with E-state index in [1.54, 1.807) is 18.2 Å². The van der Waals surface area contributed by atoms with E-state index < -0.39 is 0 Å². The fourth-order valence-electron chi connectivity index (χ4n) is 1.35. The third-order valence-corrected chi connectivity index (χ3v) is 2.52. The summed E-state index contributed by atoms with van der Waals surface area (Å²) < 4.78 is 10.7. The molecule has 0 saturated heterocycles. The van der Waals surface area contributed by atoms with E-state index in [9.17, 15) is 4.79 Å². The molecule has 0 atom stereocenters. The number of halogens is 1. The third kappa shape index (κ3) is 5.94. The Kier molecular flexibility index (Phi) is 6.67. The van der Waals surface area contributed by atoms with E-state index in [-0.39, 0.29) is 18.6 Å². The molecule has 0 aliphatic carbocycles. The lowest BCUT2D eigenvalue weighted by molar-refractivity contribution is -0.121.